The predicted molar refractivity (Wildman–Crippen MR) is 79.5 cm³/mol. The summed E-state index contributed by atoms with van der Waals surface area (Å²) in [6.07, 6.45) is 0. The Bertz CT molecular complexity index is 702. The maximum absolute atomic E-state index is 13.8. The summed E-state index contributed by atoms with van der Waals surface area (Å²) < 4.78 is 32.3. The zero-order chi connectivity index (χ0) is 15.2. The second-order valence-electron chi connectivity index (χ2n) is 4.44. The Balaban J connectivity index is 2.08. The molecule has 0 fully saturated rings. The van der Waals surface area contributed by atoms with Crippen molar-refractivity contribution in [2.24, 2.45) is 0 Å². The van der Waals surface area contributed by atoms with Crippen LogP contribution in [0, 0.1) is 30.4 Å². The van der Waals surface area contributed by atoms with Crippen molar-refractivity contribution in [2.75, 3.05) is 5.88 Å². The van der Waals surface area contributed by atoms with E-state index in [9.17, 15) is 8.78 Å². The van der Waals surface area contributed by atoms with E-state index in [4.69, 9.17) is 16.3 Å². The van der Waals surface area contributed by atoms with Crippen LogP contribution in [0.15, 0.2) is 36.4 Å². The minimum Gasteiger partial charge on any atom is -0.489 e. The van der Waals surface area contributed by atoms with E-state index in [-0.39, 0.29) is 23.9 Å². The predicted octanol–water partition coefficient (Wildman–Crippen LogP) is 4.44. The van der Waals surface area contributed by atoms with Gasteiger partial charge in [0.25, 0.3) is 0 Å². The maximum atomic E-state index is 13.8. The van der Waals surface area contributed by atoms with Gasteiger partial charge in [0.1, 0.15) is 24.0 Å². The van der Waals surface area contributed by atoms with Crippen LogP contribution < -0.4 is 4.74 Å². The summed E-state index contributed by atoms with van der Waals surface area (Å²) in [5.74, 6) is 5.02. The number of rotatable bonds is 3. The molecule has 4 heteroatoms. The van der Waals surface area contributed by atoms with Gasteiger partial charge in [0.05, 0.1) is 11.4 Å². The number of alkyl halides is 1. The van der Waals surface area contributed by atoms with Crippen molar-refractivity contribution in [3.8, 4) is 17.6 Å². The zero-order valence-electron chi connectivity index (χ0n) is 11.4. The highest BCUT2D eigenvalue weighted by molar-refractivity contribution is 6.19. The highest BCUT2D eigenvalue weighted by Gasteiger charge is 2.04. The van der Waals surface area contributed by atoms with E-state index in [2.05, 4.69) is 11.8 Å². The second kappa shape index (κ2) is 7.10. The van der Waals surface area contributed by atoms with E-state index < -0.39 is 5.82 Å². The smallest absolute Gasteiger partial charge is 0.142 e. The quantitative estimate of drug-likeness (QED) is 0.601. The average Bonchev–Trinajstić information content (AvgIpc) is 2.45. The molecule has 0 aliphatic rings. The van der Waals surface area contributed by atoms with Crippen LogP contribution in [0.3, 0.4) is 0 Å². The van der Waals surface area contributed by atoms with Gasteiger partial charge in [0.15, 0.2) is 0 Å². The number of benzene rings is 2. The van der Waals surface area contributed by atoms with Crippen LogP contribution in [0.5, 0.6) is 5.75 Å². The Kier molecular flexibility index (Phi) is 5.19. The third-order valence-electron chi connectivity index (χ3n) is 2.93. The fourth-order valence-corrected chi connectivity index (χ4v) is 1.86. The first-order valence-corrected chi connectivity index (χ1v) is 6.86. The van der Waals surface area contributed by atoms with Crippen molar-refractivity contribution in [3.63, 3.8) is 0 Å². The largest absolute Gasteiger partial charge is 0.489 e. The second-order valence-corrected chi connectivity index (χ2v) is 4.70. The van der Waals surface area contributed by atoms with Crippen molar-refractivity contribution in [1.82, 2.24) is 0 Å². The normalized spacial score (nSPS) is 9.90. The Labute approximate surface area is 127 Å². The van der Waals surface area contributed by atoms with E-state index in [0.29, 0.717) is 5.75 Å². The van der Waals surface area contributed by atoms with Crippen LogP contribution in [-0.4, -0.2) is 5.88 Å². The summed E-state index contributed by atoms with van der Waals surface area (Å²) in [5.41, 5.74) is 1.92. The Hall–Kier alpha value is -2.05. The number of hydrogen-bond acceptors (Lipinski definition) is 1. The summed E-state index contributed by atoms with van der Waals surface area (Å²) >= 11 is 5.43. The molecule has 0 bridgehead atoms. The van der Waals surface area contributed by atoms with Gasteiger partial charge in [-0.05, 0) is 42.3 Å². The molecule has 0 N–H and O–H groups in total. The minimum absolute atomic E-state index is 0.154. The summed E-state index contributed by atoms with van der Waals surface area (Å²) in [4.78, 5) is 0. The molecule has 2 aromatic rings. The lowest BCUT2D eigenvalue weighted by Gasteiger charge is -2.09. The van der Waals surface area contributed by atoms with Crippen molar-refractivity contribution in [2.45, 2.75) is 13.5 Å². The van der Waals surface area contributed by atoms with Gasteiger partial charge < -0.3 is 4.74 Å². The third kappa shape index (κ3) is 4.21. The summed E-state index contributed by atoms with van der Waals surface area (Å²) in [7, 11) is 0. The number of aryl methyl sites for hydroxylation is 1. The van der Waals surface area contributed by atoms with Crippen molar-refractivity contribution in [1.29, 1.82) is 0 Å². The third-order valence-corrected chi connectivity index (χ3v) is 3.06. The minimum atomic E-state index is -0.457. The molecule has 0 aromatic heterocycles. The molecule has 0 unspecified atom stereocenters. The summed E-state index contributed by atoms with van der Waals surface area (Å²) in [6, 6.07) is 8.92. The number of halogens is 3. The first kappa shape index (κ1) is 15.3. The van der Waals surface area contributed by atoms with E-state index in [1.165, 1.54) is 18.2 Å². The molecule has 0 amide bonds. The van der Waals surface area contributed by atoms with Crippen LogP contribution in [-0.2, 0) is 6.61 Å². The molecule has 1 nitrogen and oxygen atoms in total. The molecule has 2 aromatic carbocycles. The Morgan fingerprint density at radius 2 is 1.95 bits per heavy atom. The first-order chi connectivity index (χ1) is 10.1. The van der Waals surface area contributed by atoms with Crippen LogP contribution in [0.2, 0.25) is 0 Å². The lowest BCUT2D eigenvalue weighted by molar-refractivity contribution is 0.303. The molecule has 0 saturated carbocycles. The van der Waals surface area contributed by atoms with Crippen LogP contribution in [0.4, 0.5) is 8.78 Å². The van der Waals surface area contributed by atoms with E-state index in [0.717, 1.165) is 11.1 Å². The van der Waals surface area contributed by atoms with Gasteiger partial charge in [0.2, 0.25) is 0 Å². The van der Waals surface area contributed by atoms with Crippen LogP contribution in [0.25, 0.3) is 0 Å². The van der Waals surface area contributed by atoms with Crippen LogP contribution >= 0.6 is 11.6 Å². The maximum Gasteiger partial charge on any atom is 0.142 e. The molecule has 0 saturated heterocycles. The number of ether oxygens (including phenoxy) is 1. The van der Waals surface area contributed by atoms with Gasteiger partial charge in [0, 0.05) is 6.07 Å². The molecule has 2 rings (SSSR count). The Morgan fingerprint density at radius 1 is 1.14 bits per heavy atom. The van der Waals surface area contributed by atoms with Gasteiger partial charge in [-0.25, -0.2) is 8.78 Å². The summed E-state index contributed by atoms with van der Waals surface area (Å²) in [5, 5.41) is 0. The van der Waals surface area contributed by atoms with Gasteiger partial charge in [-0.2, -0.15) is 0 Å². The highest BCUT2D eigenvalue weighted by Crippen LogP contribution is 2.19. The van der Waals surface area contributed by atoms with Crippen molar-refractivity contribution < 1.29 is 13.5 Å². The molecular weight excluding hydrogens is 294 g/mol. The molecular formula is C17H13ClF2O. The molecule has 0 spiro atoms. The molecule has 0 heterocycles. The molecule has 0 radical (unpaired) electrons. The molecule has 0 aliphatic heterocycles. The lowest BCUT2D eigenvalue weighted by Crippen LogP contribution is -1.99. The van der Waals surface area contributed by atoms with Gasteiger partial charge in [-0.1, -0.05) is 17.9 Å². The van der Waals surface area contributed by atoms with Crippen LogP contribution in [0.1, 0.15) is 16.7 Å². The van der Waals surface area contributed by atoms with E-state index >= 15 is 0 Å². The van der Waals surface area contributed by atoms with Crippen molar-refractivity contribution in [3.05, 3.63) is 64.7 Å². The standard InChI is InChI=1S/C17H13ClF2O/c1-12-9-15(19)6-4-14(12)11-21-16-7-5-13(3-2-8-18)17(20)10-16/h4-7,9-10H,8,11H2,1H3. The first-order valence-electron chi connectivity index (χ1n) is 6.32. The average molecular weight is 307 g/mol. The fourth-order valence-electron chi connectivity index (χ4n) is 1.80. The van der Waals surface area contributed by atoms with E-state index in [1.54, 1.807) is 25.1 Å². The van der Waals surface area contributed by atoms with Gasteiger partial charge in [-0.3, -0.25) is 0 Å². The monoisotopic (exact) mass is 306 g/mol. The summed E-state index contributed by atoms with van der Waals surface area (Å²) in [6.45, 7) is 2.05. The molecule has 108 valence electrons. The molecule has 0 atom stereocenters. The van der Waals surface area contributed by atoms with Gasteiger partial charge in [-0.15, -0.1) is 11.6 Å². The molecule has 0 aliphatic carbocycles. The topological polar surface area (TPSA) is 9.23 Å². The fraction of sp³-hybridized carbons (Fsp3) is 0.176. The van der Waals surface area contributed by atoms with Gasteiger partial charge >= 0.3 is 0 Å². The lowest BCUT2D eigenvalue weighted by atomic mass is 10.1. The van der Waals surface area contributed by atoms with Crippen molar-refractivity contribution >= 4 is 11.6 Å². The zero-order valence-corrected chi connectivity index (χ0v) is 12.2. The number of hydrogen-bond donors (Lipinski definition) is 0. The highest BCUT2D eigenvalue weighted by atomic mass is 35.5. The molecule has 21 heavy (non-hydrogen) atoms. The Morgan fingerprint density at radius 3 is 2.62 bits per heavy atom. The van der Waals surface area contributed by atoms with E-state index in [1.807, 2.05) is 0 Å². The SMILES string of the molecule is Cc1cc(F)ccc1COc1ccc(C#CCCl)c(F)c1.